The molecule has 0 fully saturated rings. The summed E-state index contributed by atoms with van der Waals surface area (Å²) in [5.41, 5.74) is 5.07. The smallest absolute Gasteiger partial charge is 0.257 e. The van der Waals surface area contributed by atoms with Crippen molar-refractivity contribution >= 4 is 22.9 Å². The lowest BCUT2D eigenvalue weighted by Gasteiger charge is -2.10. The third-order valence-electron chi connectivity index (χ3n) is 5.66. The van der Waals surface area contributed by atoms with Crippen LogP contribution in [0, 0.1) is 13.8 Å². The predicted octanol–water partition coefficient (Wildman–Crippen LogP) is 5.92. The number of nitrogens with one attached hydrogen (secondary N) is 2. The molecule has 0 radical (unpaired) electrons. The van der Waals surface area contributed by atoms with Crippen molar-refractivity contribution in [1.82, 2.24) is 19.7 Å². The first kappa shape index (κ1) is 20.9. The zero-order valence-corrected chi connectivity index (χ0v) is 19.2. The number of para-hydroxylation sites is 1. The predicted molar refractivity (Wildman–Crippen MR) is 133 cm³/mol. The van der Waals surface area contributed by atoms with Gasteiger partial charge >= 0.3 is 0 Å². The molecule has 0 atom stereocenters. The van der Waals surface area contributed by atoms with Crippen LogP contribution in [0.25, 0.3) is 22.8 Å². The number of benzene rings is 2. The lowest BCUT2D eigenvalue weighted by molar-refractivity contribution is 0.102. The Labute approximate surface area is 196 Å². The van der Waals surface area contributed by atoms with Crippen LogP contribution in [0.2, 0.25) is 0 Å². The molecule has 2 aromatic carbocycles. The first-order chi connectivity index (χ1) is 16.1. The molecule has 3 aromatic heterocycles. The second-order valence-corrected chi connectivity index (χ2v) is 8.86. The van der Waals surface area contributed by atoms with Gasteiger partial charge in [0.15, 0.2) is 11.6 Å². The normalized spacial score (nSPS) is 11.0. The van der Waals surface area contributed by atoms with E-state index in [-0.39, 0.29) is 5.91 Å². The van der Waals surface area contributed by atoms with E-state index in [9.17, 15) is 4.79 Å². The minimum atomic E-state index is -0.143. The number of H-pyrrole nitrogens is 1. The number of carbonyl (C=O) groups excluding carboxylic acids is 1. The fourth-order valence-electron chi connectivity index (χ4n) is 3.92. The van der Waals surface area contributed by atoms with Gasteiger partial charge in [-0.25, -0.2) is 4.98 Å². The lowest BCUT2D eigenvalue weighted by atomic mass is 10.1. The van der Waals surface area contributed by atoms with Crippen LogP contribution in [-0.2, 0) is 6.54 Å². The number of rotatable bonds is 6. The average Bonchev–Trinajstić information content (AvgIpc) is 3.58. The van der Waals surface area contributed by atoms with Gasteiger partial charge in [0.1, 0.15) is 0 Å². The Morgan fingerprint density at radius 2 is 1.82 bits per heavy atom. The van der Waals surface area contributed by atoms with Gasteiger partial charge in [0.25, 0.3) is 5.91 Å². The number of aromatic amines is 1. The fourth-order valence-corrected chi connectivity index (χ4v) is 4.61. The molecule has 3 heterocycles. The number of hydrogen-bond donors (Lipinski definition) is 2. The van der Waals surface area contributed by atoms with E-state index in [4.69, 9.17) is 0 Å². The van der Waals surface area contributed by atoms with Crippen molar-refractivity contribution in [2.75, 3.05) is 5.32 Å². The van der Waals surface area contributed by atoms with Gasteiger partial charge in [-0.3, -0.25) is 9.89 Å². The molecule has 5 aromatic rings. The number of amides is 1. The van der Waals surface area contributed by atoms with Crippen LogP contribution in [0.1, 0.15) is 26.6 Å². The molecule has 0 spiro atoms. The minimum absolute atomic E-state index is 0.143. The molecule has 0 bridgehead atoms. The van der Waals surface area contributed by atoms with Crippen LogP contribution in [0.5, 0.6) is 0 Å². The number of hydrogen-bond acceptors (Lipinski definition) is 4. The molecule has 0 unspecified atom stereocenters. The molecular weight excluding hydrogens is 430 g/mol. The van der Waals surface area contributed by atoms with Crippen molar-refractivity contribution in [2.45, 2.75) is 20.4 Å². The van der Waals surface area contributed by atoms with Gasteiger partial charge in [-0.2, -0.15) is 5.10 Å². The maximum atomic E-state index is 13.2. The Morgan fingerprint density at radius 3 is 2.61 bits per heavy atom. The summed E-state index contributed by atoms with van der Waals surface area (Å²) in [6.45, 7) is 4.79. The van der Waals surface area contributed by atoms with Gasteiger partial charge in [0.05, 0.1) is 17.8 Å². The summed E-state index contributed by atoms with van der Waals surface area (Å²) in [7, 11) is 0. The molecule has 0 saturated heterocycles. The van der Waals surface area contributed by atoms with E-state index in [0.29, 0.717) is 22.9 Å². The highest BCUT2D eigenvalue weighted by Gasteiger charge is 2.18. The highest BCUT2D eigenvalue weighted by atomic mass is 32.1. The summed E-state index contributed by atoms with van der Waals surface area (Å²) >= 11 is 1.72. The Hall–Kier alpha value is -3.97. The lowest BCUT2D eigenvalue weighted by Crippen LogP contribution is -2.14. The summed E-state index contributed by atoms with van der Waals surface area (Å²) < 4.78 is 2.18. The maximum absolute atomic E-state index is 13.2. The van der Waals surface area contributed by atoms with E-state index in [1.54, 1.807) is 11.3 Å². The van der Waals surface area contributed by atoms with Crippen molar-refractivity contribution in [3.63, 3.8) is 0 Å². The SMILES string of the molecule is Cc1cc(C(=O)Nc2ccccc2-c2nc(-c3ccccc3)n[nH]2)c(C)n1Cc1cccs1. The van der Waals surface area contributed by atoms with Gasteiger partial charge in [-0.1, -0.05) is 48.5 Å². The van der Waals surface area contributed by atoms with Gasteiger partial charge in [0, 0.05) is 27.4 Å². The molecule has 6 nitrogen and oxygen atoms in total. The first-order valence-corrected chi connectivity index (χ1v) is 11.6. The standard InChI is InChI=1S/C26H23N5OS/c1-17-15-22(18(2)31(17)16-20-11-8-14-33-20)26(32)27-23-13-7-6-12-21(23)25-28-24(29-30-25)19-9-4-3-5-10-19/h3-15H,16H2,1-2H3,(H,27,32)(H,28,29,30). The zero-order valence-electron chi connectivity index (χ0n) is 18.4. The maximum Gasteiger partial charge on any atom is 0.257 e. The largest absolute Gasteiger partial charge is 0.343 e. The van der Waals surface area contributed by atoms with E-state index in [1.807, 2.05) is 80.6 Å². The third kappa shape index (κ3) is 4.23. The van der Waals surface area contributed by atoms with Crippen molar-refractivity contribution in [2.24, 2.45) is 0 Å². The van der Waals surface area contributed by atoms with Crippen LogP contribution >= 0.6 is 11.3 Å². The zero-order chi connectivity index (χ0) is 22.8. The molecule has 0 aliphatic rings. The molecule has 33 heavy (non-hydrogen) atoms. The fraction of sp³-hybridized carbons (Fsp3) is 0.115. The van der Waals surface area contributed by atoms with Crippen LogP contribution in [0.15, 0.2) is 78.2 Å². The molecule has 7 heteroatoms. The summed E-state index contributed by atoms with van der Waals surface area (Å²) in [6, 6.07) is 23.5. The second-order valence-electron chi connectivity index (χ2n) is 7.82. The molecule has 2 N–H and O–H groups in total. The van der Waals surface area contributed by atoms with Crippen LogP contribution < -0.4 is 5.32 Å². The molecule has 0 aliphatic heterocycles. The average molecular weight is 454 g/mol. The number of thiophene rings is 1. The van der Waals surface area contributed by atoms with E-state index in [1.165, 1.54) is 4.88 Å². The van der Waals surface area contributed by atoms with Crippen molar-refractivity contribution in [3.8, 4) is 22.8 Å². The Morgan fingerprint density at radius 1 is 1.03 bits per heavy atom. The van der Waals surface area contributed by atoms with E-state index in [0.717, 1.165) is 29.1 Å². The van der Waals surface area contributed by atoms with Gasteiger partial charge < -0.3 is 9.88 Å². The summed E-state index contributed by atoms with van der Waals surface area (Å²) in [5, 5.41) is 12.5. The molecule has 5 rings (SSSR count). The quantitative estimate of drug-likeness (QED) is 0.335. The van der Waals surface area contributed by atoms with Crippen LogP contribution in [-0.4, -0.2) is 25.7 Å². The van der Waals surface area contributed by atoms with Gasteiger partial charge in [-0.05, 0) is 43.5 Å². The second kappa shape index (κ2) is 8.88. The Kier molecular flexibility index (Phi) is 5.62. The van der Waals surface area contributed by atoms with E-state index >= 15 is 0 Å². The monoisotopic (exact) mass is 453 g/mol. The Bertz CT molecular complexity index is 1400. The van der Waals surface area contributed by atoms with Crippen molar-refractivity contribution < 1.29 is 4.79 Å². The van der Waals surface area contributed by atoms with Gasteiger partial charge in [0.2, 0.25) is 0 Å². The Balaban J connectivity index is 1.41. The summed E-state index contributed by atoms with van der Waals surface area (Å²) in [5.74, 6) is 1.08. The number of carbonyl (C=O) groups is 1. The van der Waals surface area contributed by atoms with E-state index in [2.05, 4.69) is 36.5 Å². The van der Waals surface area contributed by atoms with Crippen molar-refractivity contribution in [1.29, 1.82) is 0 Å². The summed E-state index contributed by atoms with van der Waals surface area (Å²) in [6.07, 6.45) is 0. The topological polar surface area (TPSA) is 75.6 Å². The number of aromatic nitrogens is 4. The third-order valence-corrected chi connectivity index (χ3v) is 6.52. The molecule has 0 aliphatic carbocycles. The number of aryl methyl sites for hydroxylation is 1. The number of nitrogens with zero attached hydrogens (tertiary/aromatic N) is 3. The van der Waals surface area contributed by atoms with Crippen molar-refractivity contribution in [3.05, 3.63) is 100 Å². The summed E-state index contributed by atoms with van der Waals surface area (Å²) in [4.78, 5) is 19.2. The van der Waals surface area contributed by atoms with Gasteiger partial charge in [-0.15, -0.1) is 11.3 Å². The molecule has 164 valence electrons. The number of anilines is 1. The minimum Gasteiger partial charge on any atom is -0.343 e. The molecule has 0 saturated carbocycles. The highest BCUT2D eigenvalue weighted by molar-refractivity contribution is 7.09. The van der Waals surface area contributed by atoms with Crippen LogP contribution in [0.4, 0.5) is 5.69 Å². The molecule has 1 amide bonds. The van der Waals surface area contributed by atoms with Crippen LogP contribution in [0.3, 0.4) is 0 Å². The molecular formula is C26H23N5OS. The highest BCUT2D eigenvalue weighted by Crippen LogP contribution is 2.28. The van der Waals surface area contributed by atoms with E-state index < -0.39 is 0 Å². The first-order valence-electron chi connectivity index (χ1n) is 10.7.